The van der Waals surface area contributed by atoms with E-state index in [0.29, 0.717) is 30.0 Å². The van der Waals surface area contributed by atoms with Gasteiger partial charge in [-0.1, -0.05) is 11.2 Å². The molecular weight excluding hydrogens is 320 g/mol. The van der Waals surface area contributed by atoms with Gasteiger partial charge >= 0.3 is 0 Å². The molecule has 0 radical (unpaired) electrons. The highest BCUT2D eigenvalue weighted by Gasteiger charge is 2.14. The number of rotatable bonds is 5. The van der Waals surface area contributed by atoms with Crippen LogP contribution in [0.4, 0.5) is 0 Å². The Morgan fingerprint density at radius 3 is 2.80 bits per heavy atom. The maximum atomic E-state index is 5.86. The number of nitrogens with zero attached hydrogens (tertiary/aromatic N) is 6. The molecule has 0 aliphatic heterocycles. The molecule has 8 nitrogen and oxygen atoms in total. The molecule has 0 fully saturated rings. The van der Waals surface area contributed by atoms with E-state index in [9.17, 15) is 0 Å². The molecule has 0 N–H and O–H groups in total. The summed E-state index contributed by atoms with van der Waals surface area (Å²) in [5.74, 6) is 2.11. The highest BCUT2D eigenvalue weighted by Crippen LogP contribution is 2.25. The second kappa shape index (κ2) is 6.31. The van der Waals surface area contributed by atoms with Gasteiger partial charge in [-0.15, -0.1) is 0 Å². The lowest BCUT2D eigenvalue weighted by Gasteiger charge is -2.09. The van der Waals surface area contributed by atoms with Crippen LogP contribution in [0.3, 0.4) is 0 Å². The van der Waals surface area contributed by atoms with E-state index in [1.54, 1.807) is 13.1 Å². The summed E-state index contributed by atoms with van der Waals surface area (Å²) in [4.78, 5) is 17.4. The van der Waals surface area contributed by atoms with Gasteiger partial charge in [-0.05, 0) is 25.1 Å². The summed E-state index contributed by atoms with van der Waals surface area (Å²) in [6, 6.07) is 7.78. The Hall–Kier alpha value is -3.29. The quantitative estimate of drug-likeness (QED) is 0.553. The Morgan fingerprint density at radius 1 is 1.12 bits per heavy atom. The molecule has 126 valence electrons. The standard InChI is InChI=1S/C17H16N6O2/c1-11-19-14-6-8-23(9-13-5-3-4-7-18-13)16(14)17(20-11)24-10-15-21-12(2)25-22-15/h3-8H,9-10H2,1-2H3. The molecule has 0 aliphatic rings. The molecule has 4 heterocycles. The maximum Gasteiger partial charge on any atom is 0.242 e. The van der Waals surface area contributed by atoms with Crippen LogP contribution in [0.2, 0.25) is 0 Å². The van der Waals surface area contributed by atoms with Crippen molar-refractivity contribution in [2.75, 3.05) is 0 Å². The van der Waals surface area contributed by atoms with Gasteiger partial charge in [-0.25, -0.2) is 4.98 Å². The fourth-order valence-corrected chi connectivity index (χ4v) is 2.61. The molecule has 0 bridgehead atoms. The lowest BCUT2D eigenvalue weighted by atomic mass is 10.3. The molecule has 8 heteroatoms. The summed E-state index contributed by atoms with van der Waals surface area (Å²) in [6.07, 6.45) is 3.73. The van der Waals surface area contributed by atoms with Gasteiger partial charge in [0, 0.05) is 19.3 Å². The van der Waals surface area contributed by atoms with Crippen LogP contribution in [0.25, 0.3) is 11.0 Å². The third kappa shape index (κ3) is 3.18. The summed E-state index contributed by atoms with van der Waals surface area (Å²) in [6.45, 7) is 4.36. The van der Waals surface area contributed by atoms with E-state index in [-0.39, 0.29) is 6.61 Å². The SMILES string of the molecule is Cc1nc(OCc2noc(C)n2)c2c(ccn2Cc2ccccn2)n1. The van der Waals surface area contributed by atoms with E-state index in [1.807, 2.05) is 42.0 Å². The average Bonchev–Trinajstić information content (AvgIpc) is 3.20. The summed E-state index contributed by atoms with van der Waals surface area (Å²) in [5.41, 5.74) is 2.58. The van der Waals surface area contributed by atoms with Crippen LogP contribution in [-0.2, 0) is 13.2 Å². The molecule has 0 saturated heterocycles. The largest absolute Gasteiger partial charge is 0.468 e. The van der Waals surface area contributed by atoms with Gasteiger partial charge in [0.15, 0.2) is 6.61 Å². The molecule has 0 atom stereocenters. The van der Waals surface area contributed by atoms with Gasteiger partial charge in [0.1, 0.15) is 11.3 Å². The third-order valence-electron chi connectivity index (χ3n) is 3.66. The van der Waals surface area contributed by atoms with Crippen molar-refractivity contribution in [2.45, 2.75) is 27.0 Å². The lowest BCUT2D eigenvalue weighted by Crippen LogP contribution is -2.06. The summed E-state index contributed by atoms with van der Waals surface area (Å²) in [7, 11) is 0. The zero-order valence-electron chi connectivity index (χ0n) is 13.9. The van der Waals surface area contributed by atoms with E-state index in [1.165, 1.54) is 0 Å². The van der Waals surface area contributed by atoms with Crippen molar-refractivity contribution in [3.05, 3.63) is 59.9 Å². The smallest absolute Gasteiger partial charge is 0.242 e. The van der Waals surface area contributed by atoms with Crippen LogP contribution in [0, 0.1) is 13.8 Å². The molecule has 4 rings (SSSR count). The van der Waals surface area contributed by atoms with Crippen LogP contribution in [0.15, 0.2) is 41.2 Å². The molecule has 0 aromatic carbocycles. The van der Waals surface area contributed by atoms with E-state index in [4.69, 9.17) is 9.26 Å². The zero-order chi connectivity index (χ0) is 17.2. The van der Waals surface area contributed by atoms with Crippen molar-refractivity contribution < 1.29 is 9.26 Å². The average molecular weight is 336 g/mol. The number of fused-ring (bicyclic) bond motifs is 1. The van der Waals surface area contributed by atoms with Gasteiger partial charge in [-0.2, -0.15) is 9.97 Å². The molecule has 0 unspecified atom stereocenters. The zero-order valence-corrected chi connectivity index (χ0v) is 13.9. The number of hydrogen-bond donors (Lipinski definition) is 0. The van der Waals surface area contributed by atoms with Gasteiger partial charge in [0.2, 0.25) is 17.6 Å². The molecular formula is C17H16N6O2. The monoisotopic (exact) mass is 336 g/mol. The van der Waals surface area contributed by atoms with Crippen LogP contribution in [0.5, 0.6) is 5.88 Å². The number of aromatic nitrogens is 6. The first kappa shape index (κ1) is 15.3. The predicted octanol–water partition coefficient (Wildman–Crippen LogP) is 2.45. The molecule has 4 aromatic heterocycles. The van der Waals surface area contributed by atoms with Crippen molar-refractivity contribution in [3.8, 4) is 5.88 Å². The van der Waals surface area contributed by atoms with Crippen LogP contribution < -0.4 is 4.74 Å². The molecule has 0 spiro atoms. The lowest BCUT2D eigenvalue weighted by molar-refractivity contribution is 0.277. The summed E-state index contributed by atoms with van der Waals surface area (Å²) < 4.78 is 12.8. The highest BCUT2D eigenvalue weighted by molar-refractivity contribution is 5.80. The van der Waals surface area contributed by atoms with Crippen molar-refractivity contribution in [2.24, 2.45) is 0 Å². The fraction of sp³-hybridized carbons (Fsp3) is 0.235. The van der Waals surface area contributed by atoms with Crippen LogP contribution in [0.1, 0.15) is 23.2 Å². The summed E-state index contributed by atoms with van der Waals surface area (Å²) >= 11 is 0. The number of hydrogen-bond acceptors (Lipinski definition) is 7. The van der Waals surface area contributed by atoms with Crippen molar-refractivity contribution in [3.63, 3.8) is 0 Å². The summed E-state index contributed by atoms with van der Waals surface area (Å²) in [5, 5.41) is 3.84. The first-order valence-electron chi connectivity index (χ1n) is 7.84. The van der Waals surface area contributed by atoms with E-state index >= 15 is 0 Å². The van der Waals surface area contributed by atoms with Gasteiger partial charge < -0.3 is 13.8 Å². The minimum Gasteiger partial charge on any atom is -0.468 e. The fourth-order valence-electron chi connectivity index (χ4n) is 2.61. The Labute approximate surface area is 143 Å². The van der Waals surface area contributed by atoms with E-state index in [0.717, 1.165) is 16.7 Å². The highest BCUT2D eigenvalue weighted by atomic mass is 16.5. The van der Waals surface area contributed by atoms with Crippen molar-refractivity contribution >= 4 is 11.0 Å². The Balaban J connectivity index is 1.68. The first-order chi connectivity index (χ1) is 12.2. The van der Waals surface area contributed by atoms with Crippen LogP contribution in [-0.4, -0.2) is 29.7 Å². The normalized spacial score (nSPS) is 11.1. The van der Waals surface area contributed by atoms with Crippen molar-refractivity contribution in [1.82, 2.24) is 29.7 Å². The van der Waals surface area contributed by atoms with E-state index < -0.39 is 0 Å². The third-order valence-corrected chi connectivity index (χ3v) is 3.66. The van der Waals surface area contributed by atoms with E-state index in [2.05, 4.69) is 25.1 Å². The Morgan fingerprint density at radius 2 is 2.04 bits per heavy atom. The second-order valence-corrected chi connectivity index (χ2v) is 5.59. The second-order valence-electron chi connectivity index (χ2n) is 5.59. The van der Waals surface area contributed by atoms with Crippen LogP contribution >= 0.6 is 0 Å². The first-order valence-corrected chi connectivity index (χ1v) is 7.84. The topological polar surface area (TPSA) is 91.8 Å². The molecule has 4 aromatic rings. The minimum atomic E-state index is 0.178. The molecule has 25 heavy (non-hydrogen) atoms. The van der Waals surface area contributed by atoms with Gasteiger partial charge in [0.25, 0.3) is 0 Å². The molecule has 0 aliphatic carbocycles. The minimum absolute atomic E-state index is 0.178. The Bertz CT molecular complexity index is 1010. The number of pyridine rings is 1. The number of aryl methyl sites for hydroxylation is 2. The van der Waals surface area contributed by atoms with Crippen molar-refractivity contribution in [1.29, 1.82) is 0 Å². The molecule has 0 amide bonds. The molecule has 0 saturated carbocycles. The maximum absolute atomic E-state index is 5.86. The Kier molecular flexibility index (Phi) is 3.85. The predicted molar refractivity (Wildman–Crippen MR) is 89.0 cm³/mol. The van der Waals surface area contributed by atoms with Gasteiger partial charge in [0.05, 0.1) is 17.8 Å². The van der Waals surface area contributed by atoms with Gasteiger partial charge in [-0.3, -0.25) is 4.98 Å². The number of ether oxygens (including phenoxy) is 1.